The number of nitrogens with one attached hydrogen (secondary N) is 2. The molecule has 148 valence electrons. The van der Waals surface area contributed by atoms with Crippen LogP contribution in [0.2, 0.25) is 5.15 Å². The Morgan fingerprint density at radius 3 is 3.04 bits per heavy atom. The molecule has 1 atom stereocenters. The van der Waals surface area contributed by atoms with Gasteiger partial charge in [-0.3, -0.25) is 0 Å². The molecule has 0 spiro atoms. The molecule has 2 aromatic heterocycles. The molecule has 1 unspecified atom stereocenters. The van der Waals surface area contributed by atoms with Crippen LogP contribution in [-0.4, -0.2) is 52.0 Å². The largest absolute Gasteiger partial charge is 0.475 e. The Bertz CT molecular complexity index is 930. The van der Waals surface area contributed by atoms with Crippen molar-refractivity contribution in [2.75, 3.05) is 37.0 Å². The van der Waals surface area contributed by atoms with Gasteiger partial charge in [-0.25, -0.2) is 18.4 Å². The van der Waals surface area contributed by atoms with Crippen molar-refractivity contribution < 1.29 is 18.3 Å². The first kappa shape index (κ1) is 18.6. The van der Waals surface area contributed by atoms with Crippen LogP contribution < -0.4 is 15.4 Å². The zero-order valence-electron chi connectivity index (χ0n) is 14.6. The van der Waals surface area contributed by atoms with Crippen LogP contribution in [-0.2, 0) is 4.74 Å². The quantitative estimate of drug-likeness (QED) is 0.737. The highest BCUT2D eigenvalue weighted by molar-refractivity contribution is 6.32. The van der Waals surface area contributed by atoms with E-state index in [9.17, 15) is 14.0 Å². The molecule has 9 nitrogen and oxygen atoms in total. The lowest BCUT2D eigenvalue weighted by Gasteiger charge is -2.31. The first-order chi connectivity index (χ1) is 13.5. The molecule has 2 aliphatic rings. The molecular weight excluding hydrogens is 396 g/mol. The molecule has 2 bridgehead atoms. The van der Waals surface area contributed by atoms with Gasteiger partial charge in [0.2, 0.25) is 5.95 Å². The second-order valence-electron chi connectivity index (χ2n) is 6.36. The average molecular weight is 412 g/mol. The Hall–Kier alpha value is -2.71. The summed E-state index contributed by atoms with van der Waals surface area (Å²) >= 11 is 6.39. The number of hydrogen-bond donors (Lipinski definition) is 2. The molecule has 0 radical (unpaired) electrons. The standard InChI is InChI=1S/C16H16ClF2N7O2/c17-12-11-14(25-26(12)10-2-5-27-8-16(10,18)19)28-4-1-3-21-13-9(6-20)7-22-15(23-11)24-13/h7,10H,1-5,8H2,(H2,21,22,23,24). The number of ether oxygens (including phenoxy) is 2. The van der Waals surface area contributed by atoms with E-state index in [1.54, 1.807) is 0 Å². The lowest BCUT2D eigenvalue weighted by atomic mass is 10.1. The lowest BCUT2D eigenvalue weighted by molar-refractivity contribution is -0.150. The fraction of sp³-hybridized carbons (Fsp3) is 0.500. The SMILES string of the molecule is N#Cc1cnc2nc1NCCCOc1nn(C3CCOCC3(F)F)c(Cl)c1N2. The molecule has 1 fully saturated rings. The third kappa shape index (κ3) is 3.41. The van der Waals surface area contributed by atoms with Crippen molar-refractivity contribution in [3.8, 4) is 11.9 Å². The Balaban J connectivity index is 1.75. The Morgan fingerprint density at radius 2 is 2.25 bits per heavy atom. The van der Waals surface area contributed by atoms with Crippen LogP contribution in [0.4, 0.5) is 26.2 Å². The maximum atomic E-state index is 14.3. The first-order valence-electron chi connectivity index (χ1n) is 8.64. The van der Waals surface area contributed by atoms with Crippen molar-refractivity contribution in [1.82, 2.24) is 19.7 Å². The normalized spacial score (nSPS) is 21.1. The molecule has 4 rings (SSSR count). The highest BCUT2D eigenvalue weighted by atomic mass is 35.5. The number of alkyl halides is 2. The van der Waals surface area contributed by atoms with Crippen molar-refractivity contribution in [1.29, 1.82) is 5.26 Å². The Labute approximate surface area is 163 Å². The molecule has 0 saturated carbocycles. The summed E-state index contributed by atoms with van der Waals surface area (Å²) in [6.07, 6.45) is 2.00. The Kier molecular flexibility index (Phi) is 4.91. The molecule has 0 aliphatic carbocycles. The number of rotatable bonds is 1. The van der Waals surface area contributed by atoms with Crippen molar-refractivity contribution in [3.63, 3.8) is 0 Å². The molecule has 0 aromatic carbocycles. The summed E-state index contributed by atoms with van der Waals surface area (Å²) < 4.78 is 40.3. The van der Waals surface area contributed by atoms with E-state index < -0.39 is 18.6 Å². The fourth-order valence-electron chi connectivity index (χ4n) is 3.04. The maximum absolute atomic E-state index is 14.3. The van der Waals surface area contributed by atoms with Gasteiger partial charge in [-0.2, -0.15) is 10.2 Å². The molecule has 2 aromatic rings. The highest BCUT2D eigenvalue weighted by Gasteiger charge is 2.46. The van der Waals surface area contributed by atoms with Gasteiger partial charge >= 0.3 is 0 Å². The van der Waals surface area contributed by atoms with E-state index in [2.05, 4.69) is 25.7 Å². The molecule has 4 heterocycles. The second-order valence-corrected chi connectivity index (χ2v) is 6.71. The molecule has 2 N–H and O–H groups in total. The third-order valence-electron chi connectivity index (χ3n) is 4.43. The number of fused-ring (bicyclic) bond motifs is 3. The first-order valence-corrected chi connectivity index (χ1v) is 9.02. The van der Waals surface area contributed by atoms with Gasteiger partial charge in [0.15, 0.2) is 5.15 Å². The monoisotopic (exact) mass is 411 g/mol. The summed E-state index contributed by atoms with van der Waals surface area (Å²) in [7, 11) is 0. The minimum Gasteiger partial charge on any atom is -0.475 e. The van der Waals surface area contributed by atoms with E-state index in [4.69, 9.17) is 21.1 Å². The van der Waals surface area contributed by atoms with E-state index in [-0.39, 0.29) is 47.9 Å². The van der Waals surface area contributed by atoms with Crippen LogP contribution in [0.15, 0.2) is 6.20 Å². The van der Waals surface area contributed by atoms with Crippen LogP contribution >= 0.6 is 11.6 Å². The number of hydrogen-bond acceptors (Lipinski definition) is 8. The lowest BCUT2D eigenvalue weighted by Crippen LogP contribution is -2.40. The Morgan fingerprint density at radius 1 is 1.39 bits per heavy atom. The number of aromatic nitrogens is 4. The van der Waals surface area contributed by atoms with E-state index in [1.165, 1.54) is 6.20 Å². The van der Waals surface area contributed by atoms with E-state index in [1.807, 2.05) is 6.07 Å². The number of halogens is 3. The molecule has 12 heteroatoms. The smallest absolute Gasteiger partial charge is 0.292 e. The number of nitrogens with zero attached hydrogens (tertiary/aromatic N) is 5. The number of anilines is 3. The number of nitriles is 1. The highest BCUT2D eigenvalue weighted by Crippen LogP contribution is 2.42. The third-order valence-corrected chi connectivity index (χ3v) is 4.79. The maximum Gasteiger partial charge on any atom is 0.292 e. The summed E-state index contributed by atoms with van der Waals surface area (Å²) in [6, 6.07) is 0.759. The molecule has 28 heavy (non-hydrogen) atoms. The predicted molar refractivity (Wildman–Crippen MR) is 95.3 cm³/mol. The van der Waals surface area contributed by atoms with Crippen molar-refractivity contribution in [2.24, 2.45) is 0 Å². The zero-order chi connectivity index (χ0) is 19.7. The van der Waals surface area contributed by atoms with E-state index in [0.717, 1.165) is 4.68 Å². The molecular formula is C16H16ClF2N7O2. The minimum atomic E-state index is -3.12. The van der Waals surface area contributed by atoms with Crippen LogP contribution in [0.3, 0.4) is 0 Å². The van der Waals surface area contributed by atoms with Crippen LogP contribution in [0.5, 0.6) is 5.88 Å². The van der Waals surface area contributed by atoms with Crippen LogP contribution in [0.25, 0.3) is 0 Å². The topological polar surface area (TPSA) is 110 Å². The fourth-order valence-corrected chi connectivity index (χ4v) is 3.32. The average Bonchev–Trinajstić information content (AvgIpc) is 2.95. The van der Waals surface area contributed by atoms with Gasteiger partial charge in [-0.1, -0.05) is 11.6 Å². The van der Waals surface area contributed by atoms with Gasteiger partial charge in [-0.15, -0.1) is 5.10 Å². The van der Waals surface area contributed by atoms with Crippen LogP contribution in [0.1, 0.15) is 24.4 Å². The molecule has 0 amide bonds. The van der Waals surface area contributed by atoms with E-state index in [0.29, 0.717) is 18.8 Å². The summed E-state index contributed by atoms with van der Waals surface area (Å²) in [5.74, 6) is -2.53. The summed E-state index contributed by atoms with van der Waals surface area (Å²) in [4.78, 5) is 8.33. The van der Waals surface area contributed by atoms with Gasteiger partial charge in [0.05, 0.1) is 12.8 Å². The minimum absolute atomic E-state index is 0.0386. The van der Waals surface area contributed by atoms with Crippen molar-refractivity contribution >= 4 is 29.1 Å². The van der Waals surface area contributed by atoms with Gasteiger partial charge in [0.1, 0.15) is 35.8 Å². The summed E-state index contributed by atoms with van der Waals surface area (Å²) in [5, 5.41) is 19.2. The van der Waals surface area contributed by atoms with Crippen molar-refractivity contribution in [2.45, 2.75) is 24.8 Å². The van der Waals surface area contributed by atoms with Gasteiger partial charge in [0.25, 0.3) is 11.8 Å². The zero-order valence-corrected chi connectivity index (χ0v) is 15.3. The van der Waals surface area contributed by atoms with Gasteiger partial charge < -0.3 is 20.1 Å². The second kappa shape index (κ2) is 7.37. The summed E-state index contributed by atoms with van der Waals surface area (Å²) in [6.45, 7) is 0.251. The predicted octanol–water partition coefficient (Wildman–Crippen LogP) is 2.73. The summed E-state index contributed by atoms with van der Waals surface area (Å²) in [5.41, 5.74) is 0.482. The van der Waals surface area contributed by atoms with Crippen LogP contribution in [0, 0.1) is 11.3 Å². The van der Waals surface area contributed by atoms with E-state index >= 15 is 0 Å². The van der Waals surface area contributed by atoms with Crippen molar-refractivity contribution in [3.05, 3.63) is 16.9 Å². The molecule has 2 aliphatic heterocycles. The molecule has 1 saturated heterocycles. The van der Waals surface area contributed by atoms with Gasteiger partial charge in [-0.05, 0) is 12.8 Å². The van der Waals surface area contributed by atoms with Gasteiger partial charge in [0, 0.05) is 13.2 Å².